The predicted molar refractivity (Wildman–Crippen MR) is 103 cm³/mol. The predicted octanol–water partition coefficient (Wildman–Crippen LogP) is 3.88. The maximum absolute atomic E-state index is 12.5. The molecule has 0 atom stereocenters. The summed E-state index contributed by atoms with van der Waals surface area (Å²) in [5, 5.41) is 2.56. The van der Waals surface area contributed by atoms with E-state index in [1.54, 1.807) is 16.7 Å². The van der Waals surface area contributed by atoms with Crippen molar-refractivity contribution in [2.24, 2.45) is 0 Å². The van der Waals surface area contributed by atoms with Crippen LogP contribution in [0.4, 0.5) is 24.5 Å². The molecule has 0 saturated carbocycles. The van der Waals surface area contributed by atoms with Crippen molar-refractivity contribution in [1.82, 2.24) is 4.98 Å². The van der Waals surface area contributed by atoms with E-state index in [1.165, 1.54) is 18.3 Å². The molecule has 154 valence electrons. The Morgan fingerprint density at radius 2 is 1.97 bits per heavy atom. The molecule has 0 spiro atoms. The number of thioether (sulfide) groups is 1. The molecule has 2 aromatic rings. The van der Waals surface area contributed by atoms with Crippen molar-refractivity contribution >= 4 is 35.0 Å². The van der Waals surface area contributed by atoms with Crippen LogP contribution in [0, 0.1) is 0 Å². The van der Waals surface area contributed by atoms with E-state index in [0.29, 0.717) is 12.2 Å². The van der Waals surface area contributed by atoms with Crippen molar-refractivity contribution in [3.05, 3.63) is 42.6 Å². The highest BCUT2D eigenvalue weighted by Crippen LogP contribution is 2.34. The number of hydrogen-bond acceptors (Lipinski definition) is 5. The number of anilines is 2. The van der Waals surface area contributed by atoms with Crippen LogP contribution in [-0.4, -0.2) is 41.9 Å². The number of pyridine rings is 1. The van der Waals surface area contributed by atoms with Crippen molar-refractivity contribution in [1.29, 1.82) is 0 Å². The Labute approximate surface area is 169 Å². The molecule has 2 amide bonds. The van der Waals surface area contributed by atoms with E-state index in [0.717, 1.165) is 16.3 Å². The van der Waals surface area contributed by atoms with Gasteiger partial charge in [0.15, 0.2) is 6.61 Å². The zero-order valence-corrected chi connectivity index (χ0v) is 16.1. The zero-order valence-electron chi connectivity index (χ0n) is 15.2. The third-order valence-corrected chi connectivity index (χ3v) is 5.04. The molecule has 1 aromatic carbocycles. The maximum Gasteiger partial charge on any atom is 0.422 e. The molecule has 0 saturated heterocycles. The van der Waals surface area contributed by atoms with Crippen LogP contribution in [0.1, 0.15) is 12.8 Å². The van der Waals surface area contributed by atoms with E-state index < -0.39 is 12.8 Å². The summed E-state index contributed by atoms with van der Waals surface area (Å²) in [6.45, 7) is -0.850. The lowest BCUT2D eigenvalue weighted by Gasteiger charge is -2.29. The number of ether oxygens (including phenoxy) is 1. The summed E-state index contributed by atoms with van der Waals surface area (Å²) in [4.78, 5) is 31.1. The highest BCUT2D eigenvalue weighted by Gasteiger charge is 2.28. The van der Waals surface area contributed by atoms with Crippen LogP contribution in [0.3, 0.4) is 0 Å². The van der Waals surface area contributed by atoms with Gasteiger partial charge in [-0.15, -0.1) is 11.8 Å². The Kier molecular flexibility index (Phi) is 6.63. The second kappa shape index (κ2) is 9.17. The standard InChI is InChI=1S/C19H18F3N3O3S/c20-19(21,22)12-28-17-7-5-13(11-23-17)24-16(26)6-8-18(27)25-9-10-29-15-4-2-1-3-14(15)25/h1-5,7,11H,6,8-10,12H2,(H,24,26). The Bertz CT molecular complexity index is 875. The van der Waals surface area contributed by atoms with Gasteiger partial charge in [0.1, 0.15) is 0 Å². The molecule has 6 nitrogen and oxygen atoms in total. The molecule has 2 heterocycles. The molecule has 1 aromatic heterocycles. The van der Waals surface area contributed by atoms with Crippen LogP contribution in [0.5, 0.6) is 5.88 Å². The fraction of sp³-hybridized carbons (Fsp3) is 0.316. The second-order valence-corrected chi connectivity index (χ2v) is 7.34. The summed E-state index contributed by atoms with van der Waals surface area (Å²) >= 11 is 1.69. The zero-order chi connectivity index (χ0) is 20.9. The number of para-hydroxylation sites is 1. The smallest absolute Gasteiger partial charge is 0.422 e. The number of carbonyl (C=O) groups excluding carboxylic acids is 2. The van der Waals surface area contributed by atoms with Crippen molar-refractivity contribution in [2.75, 3.05) is 29.1 Å². The number of nitrogens with zero attached hydrogens (tertiary/aromatic N) is 2. The summed E-state index contributed by atoms with van der Waals surface area (Å²) in [6.07, 6.45) is -3.22. The van der Waals surface area contributed by atoms with E-state index in [2.05, 4.69) is 15.0 Å². The van der Waals surface area contributed by atoms with Gasteiger partial charge in [-0.1, -0.05) is 12.1 Å². The highest BCUT2D eigenvalue weighted by molar-refractivity contribution is 7.99. The summed E-state index contributed by atoms with van der Waals surface area (Å²) in [5.41, 5.74) is 1.16. The number of nitrogens with one attached hydrogen (secondary N) is 1. The monoisotopic (exact) mass is 425 g/mol. The Balaban J connectivity index is 1.48. The van der Waals surface area contributed by atoms with Gasteiger partial charge in [0.05, 0.1) is 17.6 Å². The van der Waals surface area contributed by atoms with Crippen LogP contribution in [0.15, 0.2) is 47.5 Å². The quantitative estimate of drug-likeness (QED) is 0.761. The van der Waals surface area contributed by atoms with Crippen LogP contribution in [-0.2, 0) is 9.59 Å². The molecule has 0 unspecified atom stereocenters. The van der Waals surface area contributed by atoms with E-state index >= 15 is 0 Å². The first-order chi connectivity index (χ1) is 13.8. The van der Waals surface area contributed by atoms with Crippen LogP contribution in [0.2, 0.25) is 0 Å². The molecule has 1 N–H and O–H groups in total. The van der Waals surface area contributed by atoms with Gasteiger partial charge >= 0.3 is 6.18 Å². The number of rotatable bonds is 6. The first-order valence-electron chi connectivity index (χ1n) is 8.79. The Morgan fingerprint density at radius 3 is 2.69 bits per heavy atom. The van der Waals surface area contributed by atoms with Gasteiger partial charge < -0.3 is 15.0 Å². The normalized spacial score (nSPS) is 13.6. The number of aromatic nitrogens is 1. The van der Waals surface area contributed by atoms with E-state index in [1.807, 2.05) is 24.3 Å². The number of alkyl halides is 3. The van der Waals surface area contributed by atoms with Gasteiger partial charge in [-0.2, -0.15) is 13.2 Å². The van der Waals surface area contributed by atoms with Crippen LogP contribution in [0.25, 0.3) is 0 Å². The number of amides is 2. The van der Waals surface area contributed by atoms with Gasteiger partial charge in [-0.25, -0.2) is 4.98 Å². The third-order valence-electron chi connectivity index (χ3n) is 4.00. The van der Waals surface area contributed by atoms with Gasteiger partial charge in [-0.3, -0.25) is 9.59 Å². The molecular formula is C19H18F3N3O3S. The second-order valence-electron chi connectivity index (χ2n) is 6.20. The molecule has 3 rings (SSSR count). The SMILES string of the molecule is O=C(CCC(=O)N1CCSc2ccccc21)Nc1ccc(OCC(F)(F)F)nc1. The summed E-state index contributed by atoms with van der Waals surface area (Å²) in [5.74, 6) is 0.0754. The number of fused-ring (bicyclic) bond motifs is 1. The lowest BCUT2D eigenvalue weighted by atomic mass is 10.2. The first-order valence-corrected chi connectivity index (χ1v) is 9.78. The molecular weight excluding hydrogens is 407 g/mol. The Morgan fingerprint density at radius 1 is 1.17 bits per heavy atom. The van der Waals surface area contributed by atoms with Crippen molar-refractivity contribution < 1.29 is 27.5 Å². The Hall–Kier alpha value is -2.75. The highest BCUT2D eigenvalue weighted by atomic mass is 32.2. The fourth-order valence-corrected chi connectivity index (χ4v) is 3.70. The van der Waals surface area contributed by atoms with Gasteiger partial charge in [0.25, 0.3) is 0 Å². The minimum Gasteiger partial charge on any atom is -0.468 e. The van der Waals surface area contributed by atoms with Crippen molar-refractivity contribution in [3.63, 3.8) is 0 Å². The van der Waals surface area contributed by atoms with Gasteiger partial charge in [0.2, 0.25) is 17.7 Å². The average Bonchev–Trinajstić information content (AvgIpc) is 2.70. The number of carbonyl (C=O) groups is 2. The van der Waals surface area contributed by atoms with E-state index in [4.69, 9.17) is 0 Å². The maximum atomic E-state index is 12.5. The summed E-state index contributed by atoms with van der Waals surface area (Å²) < 4.78 is 40.9. The van der Waals surface area contributed by atoms with Crippen LogP contribution >= 0.6 is 11.8 Å². The minimum atomic E-state index is -4.45. The number of hydrogen-bond donors (Lipinski definition) is 1. The van der Waals surface area contributed by atoms with Crippen LogP contribution < -0.4 is 15.0 Å². The van der Waals surface area contributed by atoms with E-state index in [9.17, 15) is 22.8 Å². The van der Waals surface area contributed by atoms with Crippen molar-refractivity contribution in [3.8, 4) is 5.88 Å². The first kappa shape index (κ1) is 21.0. The largest absolute Gasteiger partial charge is 0.468 e. The van der Waals surface area contributed by atoms with Crippen molar-refractivity contribution in [2.45, 2.75) is 23.9 Å². The summed E-state index contributed by atoms with van der Waals surface area (Å²) in [7, 11) is 0. The summed E-state index contributed by atoms with van der Waals surface area (Å²) in [6, 6.07) is 10.2. The molecule has 1 aliphatic heterocycles. The molecule has 1 aliphatic rings. The van der Waals surface area contributed by atoms with E-state index in [-0.39, 0.29) is 30.5 Å². The molecule has 29 heavy (non-hydrogen) atoms. The number of halogens is 3. The number of benzene rings is 1. The molecule has 0 bridgehead atoms. The minimum absolute atomic E-state index is 0.0169. The molecule has 0 fully saturated rings. The average molecular weight is 425 g/mol. The molecule has 0 aliphatic carbocycles. The molecule has 10 heteroatoms. The van der Waals surface area contributed by atoms with Gasteiger partial charge in [-0.05, 0) is 18.2 Å². The lowest BCUT2D eigenvalue weighted by molar-refractivity contribution is -0.154. The van der Waals surface area contributed by atoms with Gasteiger partial charge in [0, 0.05) is 36.1 Å². The lowest BCUT2D eigenvalue weighted by Crippen LogP contribution is -2.35. The molecule has 0 radical (unpaired) electrons. The topological polar surface area (TPSA) is 71.5 Å². The fourth-order valence-electron chi connectivity index (χ4n) is 2.70. The third kappa shape index (κ3) is 6.11.